The van der Waals surface area contributed by atoms with Crippen LogP contribution in [0.4, 0.5) is 5.95 Å². The van der Waals surface area contributed by atoms with Crippen LogP contribution in [0.5, 0.6) is 0 Å². The van der Waals surface area contributed by atoms with Crippen molar-refractivity contribution in [2.75, 3.05) is 24.5 Å². The van der Waals surface area contributed by atoms with Gasteiger partial charge in [-0.1, -0.05) is 12.1 Å². The number of anilines is 1. The molecular weight excluding hydrogens is 304 g/mol. The van der Waals surface area contributed by atoms with Crippen molar-refractivity contribution in [2.45, 2.75) is 24.8 Å². The largest absolute Gasteiger partial charge is 0.337 e. The van der Waals surface area contributed by atoms with E-state index < -0.39 is 0 Å². The Morgan fingerprint density at radius 3 is 2.67 bits per heavy atom. The summed E-state index contributed by atoms with van der Waals surface area (Å²) in [5.74, 6) is 1.55. The molecule has 2 aliphatic rings. The fourth-order valence-electron chi connectivity index (χ4n) is 3.32. The molecule has 7 heteroatoms. The highest BCUT2D eigenvalue weighted by molar-refractivity contribution is 5.41. The Labute approximate surface area is 139 Å². The van der Waals surface area contributed by atoms with Crippen LogP contribution in [-0.4, -0.2) is 34.7 Å². The van der Waals surface area contributed by atoms with E-state index >= 15 is 0 Å². The van der Waals surface area contributed by atoms with Crippen LogP contribution < -0.4 is 4.90 Å². The molecule has 3 heterocycles. The first-order valence-corrected chi connectivity index (χ1v) is 8.03. The van der Waals surface area contributed by atoms with Crippen LogP contribution in [0.25, 0.3) is 0 Å². The molecule has 120 valence electrons. The van der Waals surface area contributed by atoms with E-state index in [1.807, 2.05) is 24.3 Å². The van der Waals surface area contributed by atoms with Gasteiger partial charge in [-0.05, 0) is 35.7 Å². The van der Waals surface area contributed by atoms with Crippen LogP contribution in [0.3, 0.4) is 0 Å². The molecule has 1 unspecified atom stereocenters. The summed E-state index contributed by atoms with van der Waals surface area (Å²) in [5, 5.41) is 22.0. The van der Waals surface area contributed by atoms with E-state index in [2.05, 4.69) is 27.3 Å². The first-order chi connectivity index (χ1) is 11.8. The summed E-state index contributed by atoms with van der Waals surface area (Å²) >= 11 is 0. The number of nitrogens with zero attached hydrogens (tertiary/aromatic N) is 6. The van der Waals surface area contributed by atoms with E-state index in [1.165, 1.54) is 5.56 Å². The number of likely N-dealkylation sites (tertiary alicyclic amines) is 1. The second kappa shape index (κ2) is 5.86. The van der Waals surface area contributed by atoms with Gasteiger partial charge in [0, 0.05) is 25.6 Å². The standard InChI is InChI=1S/C17H16N6O/c18-8-12-3-5-13(6-4-12)14-9-23(10-14)17-20-16(24-21-17)15-2-1-7-22(15)11-19/h3-6,14-15H,1-2,7,9-10H2. The summed E-state index contributed by atoms with van der Waals surface area (Å²) in [6.45, 7) is 2.42. The van der Waals surface area contributed by atoms with Gasteiger partial charge in [0.05, 0.1) is 11.6 Å². The fraction of sp³-hybridized carbons (Fsp3) is 0.412. The Morgan fingerprint density at radius 1 is 1.17 bits per heavy atom. The zero-order valence-electron chi connectivity index (χ0n) is 13.1. The Bertz CT molecular complexity index is 809. The van der Waals surface area contributed by atoms with E-state index in [4.69, 9.17) is 15.0 Å². The second-order valence-corrected chi connectivity index (χ2v) is 6.22. The summed E-state index contributed by atoms with van der Waals surface area (Å²) in [7, 11) is 0. The third-order valence-electron chi connectivity index (χ3n) is 4.77. The Morgan fingerprint density at radius 2 is 1.96 bits per heavy atom. The first-order valence-electron chi connectivity index (χ1n) is 8.03. The van der Waals surface area contributed by atoms with Gasteiger partial charge < -0.3 is 9.42 Å². The number of rotatable bonds is 3. The minimum absolute atomic E-state index is 0.0770. The lowest BCUT2D eigenvalue weighted by molar-refractivity contribution is 0.274. The summed E-state index contributed by atoms with van der Waals surface area (Å²) in [6.07, 6.45) is 4.04. The number of hydrogen-bond donors (Lipinski definition) is 0. The van der Waals surface area contributed by atoms with E-state index in [9.17, 15) is 0 Å². The van der Waals surface area contributed by atoms with Crippen LogP contribution in [-0.2, 0) is 0 Å². The molecule has 0 aliphatic carbocycles. The van der Waals surface area contributed by atoms with Crippen molar-refractivity contribution in [2.24, 2.45) is 0 Å². The molecule has 1 atom stereocenters. The normalized spacial score (nSPS) is 20.5. The molecule has 0 saturated carbocycles. The molecule has 4 rings (SSSR count). The number of aromatic nitrogens is 2. The predicted molar refractivity (Wildman–Crippen MR) is 84.7 cm³/mol. The van der Waals surface area contributed by atoms with Crippen LogP contribution in [0.15, 0.2) is 28.8 Å². The first kappa shape index (κ1) is 14.5. The van der Waals surface area contributed by atoms with E-state index in [-0.39, 0.29) is 6.04 Å². The summed E-state index contributed by atoms with van der Waals surface area (Å²) in [5.41, 5.74) is 1.90. The van der Waals surface area contributed by atoms with Crippen molar-refractivity contribution in [3.8, 4) is 12.3 Å². The third-order valence-corrected chi connectivity index (χ3v) is 4.77. The van der Waals surface area contributed by atoms with Crippen molar-refractivity contribution in [3.05, 3.63) is 41.3 Å². The van der Waals surface area contributed by atoms with E-state index in [0.717, 1.165) is 32.5 Å². The molecule has 2 aliphatic heterocycles. The number of nitriles is 2. The van der Waals surface area contributed by atoms with Crippen LogP contribution in [0, 0.1) is 22.8 Å². The van der Waals surface area contributed by atoms with E-state index in [0.29, 0.717) is 23.3 Å². The maximum Gasteiger partial charge on any atom is 0.266 e. The zero-order chi connectivity index (χ0) is 16.5. The molecule has 2 aromatic rings. The van der Waals surface area contributed by atoms with Gasteiger partial charge in [0.15, 0.2) is 6.19 Å². The van der Waals surface area contributed by atoms with E-state index in [1.54, 1.807) is 4.90 Å². The number of hydrogen-bond acceptors (Lipinski definition) is 7. The monoisotopic (exact) mass is 320 g/mol. The van der Waals surface area contributed by atoms with Gasteiger partial charge >= 0.3 is 0 Å². The average molecular weight is 320 g/mol. The Balaban J connectivity index is 1.40. The smallest absolute Gasteiger partial charge is 0.266 e. The lowest BCUT2D eigenvalue weighted by Gasteiger charge is -2.38. The Kier molecular flexibility index (Phi) is 3.55. The van der Waals surface area contributed by atoms with Gasteiger partial charge in [-0.15, -0.1) is 0 Å². The van der Waals surface area contributed by atoms with Crippen LogP contribution >= 0.6 is 0 Å². The van der Waals surface area contributed by atoms with Gasteiger partial charge in [0.25, 0.3) is 11.8 Å². The maximum atomic E-state index is 9.12. The highest BCUT2D eigenvalue weighted by Crippen LogP contribution is 2.34. The second-order valence-electron chi connectivity index (χ2n) is 6.22. The lowest BCUT2D eigenvalue weighted by atomic mass is 9.91. The van der Waals surface area contributed by atoms with Gasteiger partial charge in [-0.2, -0.15) is 15.5 Å². The molecule has 1 aromatic carbocycles. The molecule has 1 aromatic heterocycles. The fourth-order valence-corrected chi connectivity index (χ4v) is 3.32. The molecule has 7 nitrogen and oxygen atoms in total. The maximum absolute atomic E-state index is 9.12. The predicted octanol–water partition coefficient (Wildman–Crippen LogP) is 2.16. The topological polar surface area (TPSA) is 93.0 Å². The third kappa shape index (κ3) is 2.44. The van der Waals surface area contributed by atoms with Gasteiger partial charge in [-0.3, -0.25) is 4.90 Å². The Hall–Kier alpha value is -3.06. The van der Waals surface area contributed by atoms with Crippen molar-refractivity contribution in [1.29, 1.82) is 10.5 Å². The molecular formula is C17H16N6O. The summed E-state index contributed by atoms with van der Waals surface area (Å²) in [6, 6.07) is 9.76. The molecule has 0 amide bonds. The SMILES string of the molecule is N#Cc1ccc(C2CN(c3noc(C4CCCN4C#N)n3)C2)cc1. The summed E-state index contributed by atoms with van der Waals surface area (Å²) in [4.78, 5) is 8.25. The van der Waals surface area contributed by atoms with Crippen LogP contribution in [0.2, 0.25) is 0 Å². The quantitative estimate of drug-likeness (QED) is 0.800. The van der Waals surface area contributed by atoms with Crippen molar-refractivity contribution < 1.29 is 4.52 Å². The minimum Gasteiger partial charge on any atom is -0.337 e. The average Bonchev–Trinajstić information content (AvgIpc) is 3.22. The highest BCUT2D eigenvalue weighted by Gasteiger charge is 2.34. The zero-order valence-corrected chi connectivity index (χ0v) is 13.1. The minimum atomic E-state index is -0.0770. The van der Waals surface area contributed by atoms with Gasteiger partial charge in [0.2, 0.25) is 0 Å². The van der Waals surface area contributed by atoms with Gasteiger partial charge in [-0.25, -0.2) is 0 Å². The highest BCUT2D eigenvalue weighted by atomic mass is 16.5. The van der Waals surface area contributed by atoms with Gasteiger partial charge in [0.1, 0.15) is 6.04 Å². The molecule has 0 radical (unpaired) electrons. The van der Waals surface area contributed by atoms with Crippen molar-refractivity contribution >= 4 is 5.95 Å². The van der Waals surface area contributed by atoms with Crippen molar-refractivity contribution in [1.82, 2.24) is 15.0 Å². The lowest BCUT2D eigenvalue weighted by Crippen LogP contribution is -2.45. The molecule has 24 heavy (non-hydrogen) atoms. The summed E-state index contributed by atoms with van der Waals surface area (Å²) < 4.78 is 5.38. The molecule has 0 bridgehead atoms. The van der Waals surface area contributed by atoms with Crippen molar-refractivity contribution in [3.63, 3.8) is 0 Å². The molecule has 2 fully saturated rings. The molecule has 0 spiro atoms. The molecule has 0 N–H and O–H groups in total. The molecule has 2 saturated heterocycles. The van der Waals surface area contributed by atoms with Crippen LogP contribution in [0.1, 0.15) is 41.8 Å². The number of benzene rings is 1.